The first-order chi connectivity index (χ1) is 7.11. The average Bonchev–Trinajstić information content (AvgIpc) is 2.81. The first kappa shape index (κ1) is 10.4. The van der Waals surface area contributed by atoms with Crippen LogP contribution in [0.5, 0.6) is 0 Å². The molecule has 0 aliphatic heterocycles. The van der Waals surface area contributed by atoms with Gasteiger partial charge < -0.3 is 15.5 Å². The first-order valence-electron chi connectivity index (χ1n) is 5.26. The summed E-state index contributed by atoms with van der Waals surface area (Å²) in [5.74, 6) is -0.0592. The fourth-order valence-corrected chi connectivity index (χ4v) is 2.40. The van der Waals surface area contributed by atoms with Crippen LogP contribution in [0.1, 0.15) is 19.3 Å². The number of carbonyl (C=O) groups excluding carboxylic acids is 1. The second-order valence-corrected chi connectivity index (χ2v) is 4.51. The van der Waals surface area contributed by atoms with Crippen LogP contribution >= 0.6 is 0 Å². The fraction of sp³-hybridized carbons (Fsp3) is 0.800. The largest absolute Gasteiger partial charge is 0.480 e. The first-order valence-corrected chi connectivity index (χ1v) is 5.26. The molecule has 0 aromatic carbocycles. The van der Waals surface area contributed by atoms with Crippen molar-refractivity contribution < 1.29 is 19.8 Å². The van der Waals surface area contributed by atoms with Gasteiger partial charge in [0.05, 0.1) is 6.61 Å². The number of rotatable bonds is 4. The molecule has 0 aromatic heterocycles. The van der Waals surface area contributed by atoms with Crippen LogP contribution in [0.2, 0.25) is 0 Å². The summed E-state index contributed by atoms with van der Waals surface area (Å²) in [5.41, 5.74) is 0. The highest BCUT2D eigenvalue weighted by molar-refractivity contribution is 5.85. The Hall–Kier alpha value is -1.10. The average molecular weight is 213 g/mol. The molecule has 0 radical (unpaired) electrons. The smallest absolute Gasteiger partial charge is 0.328 e. The van der Waals surface area contributed by atoms with Gasteiger partial charge >= 0.3 is 5.97 Å². The molecule has 3 atom stereocenters. The Balaban J connectivity index is 1.83. The monoisotopic (exact) mass is 213 g/mol. The number of fused-ring (bicyclic) bond motifs is 1. The van der Waals surface area contributed by atoms with Gasteiger partial charge in [0.25, 0.3) is 0 Å². The topological polar surface area (TPSA) is 86.6 Å². The van der Waals surface area contributed by atoms with Gasteiger partial charge in [-0.2, -0.15) is 0 Å². The molecule has 0 heterocycles. The summed E-state index contributed by atoms with van der Waals surface area (Å²) in [6.07, 6.45) is 2.99. The van der Waals surface area contributed by atoms with Crippen LogP contribution in [0.25, 0.3) is 0 Å². The number of hydrogen-bond donors (Lipinski definition) is 3. The van der Waals surface area contributed by atoms with E-state index < -0.39 is 18.6 Å². The predicted octanol–water partition coefficient (Wildman–Crippen LogP) is -0.406. The molecule has 2 aliphatic rings. The van der Waals surface area contributed by atoms with E-state index in [1.807, 2.05) is 0 Å². The molecule has 2 rings (SSSR count). The van der Waals surface area contributed by atoms with E-state index in [0.717, 1.165) is 12.8 Å². The zero-order chi connectivity index (χ0) is 11.0. The summed E-state index contributed by atoms with van der Waals surface area (Å²) in [6.45, 7) is -0.555. The Bertz CT molecular complexity index is 281. The molecule has 0 bridgehead atoms. The third-order valence-electron chi connectivity index (χ3n) is 3.41. The minimum absolute atomic E-state index is 0.0397. The summed E-state index contributed by atoms with van der Waals surface area (Å²) in [7, 11) is 0. The molecular weight excluding hydrogens is 198 g/mol. The molecule has 2 saturated carbocycles. The van der Waals surface area contributed by atoms with Crippen molar-refractivity contribution in [1.29, 1.82) is 0 Å². The molecule has 15 heavy (non-hydrogen) atoms. The highest BCUT2D eigenvalue weighted by atomic mass is 16.4. The van der Waals surface area contributed by atoms with Crippen molar-refractivity contribution in [2.75, 3.05) is 6.61 Å². The number of aliphatic hydroxyl groups is 1. The third kappa shape index (κ3) is 2.12. The Morgan fingerprint density at radius 1 is 1.27 bits per heavy atom. The highest BCUT2D eigenvalue weighted by Crippen LogP contribution is 2.54. The van der Waals surface area contributed by atoms with E-state index in [9.17, 15) is 9.59 Å². The molecule has 2 fully saturated rings. The van der Waals surface area contributed by atoms with Crippen LogP contribution in [0.4, 0.5) is 0 Å². The lowest BCUT2D eigenvalue weighted by molar-refractivity contribution is -0.143. The van der Waals surface area contributed by atoms with Gasteiger partial charge in [-0.3, -0.25) is 4.79 Å². The minimum atomic E-state index is -1.19. The maximum absolute atomic E-state index is 11.6. The highest BCUT2D eigenvalue weighted by Gasteiger charge is 2.48. The van der Waals surface area contributed by atoms with Gasteiger partial charge in [-0.25, -0.2) is 4.79 Å². The van der Waals surface area contributed by atoms with Gasteiger partial charge in [-0.05, 0) is 31.1 Å². The molecule has 0 spiro atoms. The van der Waals surface area contributed by atoms with Crippen LogP contribution in [0, 0.1) is 17.8 Å². The number of amides is 1. The molecule has 84 valence electrons. The van der Waals surface area contributed by atoms with Gasteiger partial charge in [-0.15, -0.1) is 0 Å². The quantitative estimate of drug-likeness (QED) is 0.592. The van der Waals surface area contributed by atoms with Gasteiger partial charge in [0, 0.05) is 5.92 Å². The Kier molecular flexibility index (Phi) is 2.65. The van der Waals surface area contributed by atoms with Crippen molar-refractivity contribution in [1.82, 2.24) is 5.32 Å². The van der Waals surface area contributed by atoms with Crippen LogP contribution in [0.3, 0.4) is 0 Å². The normalized spacial score (nSPS) is 34.3. The van der Waals surface area contributed by atoms with Crippen molar-refractivity contribution in [3.05, 3.63) is 0 Å². The summed E-state index contributed by atoms with van der Waals surface area (Å²) in [6, 6.07) is -1.16. The molecule has 5 nitrogen and oxygen atoms in total. The summed E-state index contributed by atoms with van der Waals surface area (Å²) in [4.78, 5) is 22.2. The number of nitrogens with one attached hydrogen (secondary N) is 1. The molecule has 0 aromatic rings. The molecule has 3 N–H and O–H groups in total. The van der Waals surface area contributed by atoms with E-state index in [-0.39, 0.29) is 11.8 Å². The van der Waals surface area contributed by atoms with Crippen molar-refractivity contribution >= 4 is 11.9 Å². The zero-order valence-corrected chi connectivity index (χ0v) is 8.35. The number of carboxylic acids is 1. The molecule has 3 unspecified atom stereocenters. The Labute approximate surface area is 87.5 Å². The van der Waals surface area contributed by atoms with Gasteiger partial charge in [-0.1, -0.05) is 0 Å². The van der Waals surface area contributed by atoms with Crippen LogP contribution in [-0.2, 0) is 9.59 Å². The maximum Gasteiger partial charge on any atom is 0.328 e. The van der Waals surface area contributed by atoms with E-state index in [4.69, 9.17) is 10.2 Å². The van der Waals surface area contributed by atoms with E-state index >= 15 is 0 Å². The molecule has 5 heteroatoms. The number of hydrogen-bond acceptors (Lipinski definition) is 3. The second kappa shape index (κ2) is 3.81. The predicted molar refractivity (Wildman–Crippen MR) is 51.0 cm³/mol. The number of aliphatic hydroxyl groups excluding tert-OH is 1. The maximum atomic E-state index is 11.6. The van der Waals surface area contributed by atoms with E-state index in [2.05, 4.69) is 5.32 Å². The van der Waals surface area contributed by atoms with Crippen molar-refractivity contribution in [2.24, 2.45) is 17.8 Å². The molecule has 1 amide bonds. The number of carbonyl (C=O) groups is 2. The number of aliphatic carboxylic acids is 1. The lowest BCUT2D eigenvalue weighted by Crippen LogP contribution is -2.45. The molecule has 0 saturated heterocycles. The summed E-state index contributed by atoms with van der Waals surface area (Å²) >= 11 is 0. The lowest BCUT2D eigenvalue weighted by Gasteiger charge is -2.16. The standard InChI is InChI=1S/C10H15NO4/c12-4-8(10(14)15)11-9(13)7-2-5-1-6(5)3-7/h5-8,12H,1-4H2,(H,11,13)(H,14,15). The van der Waals surface area contributed by atoms with Crippen molar-refractivity contribution in [3.8, 4) is 0 Å². The minimum Gasteiger partial charge on any atom is -0.480 e. The van der Waals surface area contributed by atoms with Gasteiger partial charge in [0.2, 0.25) is 5.91 Å². The second-order valence-electron chi connectivity index (χ2n) is 4.51. The third-order valence-corrected chi connectivity index (χ3v) is 3.41. The fourth-order valence-electron chi connectivity index (χ4n) is 2.40. The number of carboxylic acid groups (broad SMARTS) is 1. The van der Waals surface area contributed by atoms with Crippen LogP contribution in [-0.4, -0.2) is 34.7 Å². The van der Waals surface area contributed by atoms with Crippen molar-refractivity contribution in [2.45, 2.75) is 25.3 Å². The molecule has 2 aliphatic carbocycles. The Morgan fingerprint density at radius 2 is 1.87 bits per heavy atom. The van der Waals surface area contributed by atoms with E-state index in [1.165, 1.54) is 6.42 Å². The Morgan fingerprint density at radius 3 is 2.33 bits per heavy atom. The van der Waals surface area contributed by atoms with Crippen molar-refractivity contribution in [3.63, 3.8) is 0 Å². The van der Waals surface area contributed by atoms with E-state index in [0.29, 0.717) is 11.8 Å². The van der Waals surface area contributed by atoms with Crippen LogP contribution < -0.4 is 5.32 Å². The molecular formula is C10H15NO4. The summed E-state index contributed by atoms with van der Waals surface area (Å²) < 4.78 is 0. The zero-order valence-electron chi connectivity index (χ0n) is 8.35. The van der Waals surface area contributed by atoms with E-state index in [1.54, 1.807) is 0 Å². The van der Waals surface area contributed by atoms with Gasteiger partial charge in [0.1, 0.15) is 6.04 Å². The SMILES string of the molecule is O=C(NC(CO)C(=O)O)C1CC2CC2C1. The van der Waals surface area contributed by atoms with Gasteiger partial charge in [0.15, 0.2) is 0 Å². The lowest BCUT2D eigenvalue weighted by atomic mass is 10.0. The summed E-state index contributed by atoms with van der Waals surface area (Å²) in [5, 5.41) is 19.8. The van der Waals surface area contributed by atoms with Crippen LogP contribution in [0.15, 0.2) is 0 Å².